The van der Waals surface area contributed by atoms with Gasteiger partial charge in [-0.25, -0.2) is 0 Å². The van der Waals surface area contributed by atoms with E-state index in [-0.39, 0.29) is 0 Å². The Labute approximate surface area is 96.0 Å². The summed E-state index contributed by atoms with van der Waals surface area (Å²) in [6.45, 7) is 4.30. The molecule has 0 aliphatic carbocycles. The van der Waals surface area contributed by atoms with Gasteiger partial charge in [-0.1, -0.05) is 23.7 Å². The topological polar surface area (TPSA) is 24.1 Å². The van der Waals surface area contributed by atoms with Crippen LogP contribution in [0.25, 0.3) is 0 Å². The molecular formula is C12H17ClN2. The molecule has 2 atom stereocenters. The molecule has 1 aliphatic heterocycles. The summed E-state index contributed by atoms with van der Waals surface area (Å²) in [4.78, 5) is 0. The number of hydrogen-bond acceptors (Lipinski definition) is 2. The molecule has 1 aromatic rings. The highest BCUT2D eigenvalue weighted by Crippen LogP contribution is 2.11. The second kappa shape index (κ2) is 4.97. The molecule has 82 valence electrons. The van der Waals surface area contributed by atoms with Gasteiger partial charge in [0, 0.05) is 30.2 Å². The summed E-state index contributed by atoms with van der Waals surface area (Å²) >= 11 is 5.85. The standard InChI is InChI=1S/C12H17ClN2/c1-9-7-15-12(8-14-9)6-10-2-4-11(13)5-3-10/h2-5,9,12,14-15H,6-8H2,1H3/t9-,12-/m0/s1. The van der Waals surface area contributed by atoms with Crippen LogP contribution in [0.4, 0.5) is 0 Å². The van der Waals surface area contributed by atoms with Crippen molar-refractivity contribution in [3.05, 3.63) is 34.9 Å². The van der Waals surface area contributed by atoms with Gasteiger partial charge in [-0.05, 0) is 31.0 Å². The van der Waals surface area contributed by atoms with E-state index in [1.54, 1.807) is 0 Å². The number of rotatable bonds is 2. The van der Waals surface area contributed by atoms with Gasteiger partial charge in [0.05, 0.1) is 0 Å². The van der Waals surface area contributed by atoms with Crippen LogP contribution in [0.15, 0.2) is 24.3 Å². The second-order valence-electron chi connectivity index (χ2n) is 4.25. The summed E-state index contributed by atoms with van der Waals surface area (Å²) in [5, 5.41) is 7.82. The molecule has 0 saturated carbocycles. The Balaban J connectivity index is 1.89. The lowest BCUT2D eigenvalue weighted by atomic mass is 10.0. The lowest BCUT2D eigenvalue weighted by molar-refractivity contribution is 0.358. The highest BCUT2D eigenvalue weighted by Gasteiger charge is 2.16. The monoisotopic (exact) mass is 224 g/mol. The fourth-order valence-electron chi connectivity index (χ4n) is 1.88. The van der Waals surface area contributed by atoms with Crippen molar-refractivity contribution in [3.63, 3.8) is 0 Å². The van der Waals surface area contributed by atoms with Gasteiger partial charge in [0.15, 0.2) is 0 Å². The van der Waals surface area contributed by atoms with E-state index in [1.807, 2.05) is 12.1 Å². The molecule has 0 radical (unpaired) electrons. The minimum absolute atomic E-state index is 0.544. The third-order valence-electron chi connectivity index (χ3n) is 2.82. The van der Waals surface area contributed by atoms with E-state index >= 15 is 0 Å². The van der Waals surface area contributed by atoms with Gasteiger partial charge in [-0.3, -0.25) is 0 Å². The molecule has 2 nitrogen and oxygen atoms in total. The van der Waals surface area contributed by atoms with Crippen LogP contribution in [0.5, 0.6) is 0 Å². The first-order valence-corrected chi connectivity index (χ1v) is 5.83. The Kier molecular flexibility index (Phi) is 3.62. The Morgan fingerprint density at radius 2 is 1.93 bits per heavy atom. The molecule has 3 heteroatoms. The maximum Gasteiger partial charge on any atom is 0.0406 e. The van der Waals surface area contributed by atoms with Crippen LogP contribution in [0.1, 0.15) is 12.5 Å². The van der Waals surface area contributed by atoms with Crippen molar-refractivity contribution < 1.29 is 0 Å². The molecule has 2 rings (SSSR count). The third-order valence-corrected chi connectivity index (χ3v) is 3.07. The van der Waals surface area contributed by atoms with Crippen molar-refractivity contribution in [1.29, 1.82) is 0 Å². The molecule has 1 saturated heterocycles. The minimum Gasteiger partial charge on any atom is -0.311 e. The molecule has 2 N–H and O–H groups in total. The van der Waals surface area contributed by atoms with Gasteiger partial charge in [0.25, 0.3) is 0 Å². The van der Waals surface area contributed by atoms with Crippen LogP contribution >= 0.6 is 11.6 Å². The van der Waals surface area contributed by atoms with Crippen molar-refractivity contribution in [2.24, 2.45) is 0 Å². The normalized spacial score (nSPS) is 26.5. The number of benzene rings is 1. The molecule has 0 unspecified atom stereocenters. The largest absolute Gasteiger partial charge is 0.311 e. The molecule has 0 spiro atoms. The van der Waals surface area contributed by atoms with Gasteiger partial charge >= 0.3 is 0 Å². The lowest BCUT2D eigenvalue weighted by Gasteiger charge is -2.29. The maximum atomic E-state index is 5.85. The number of piperazine rings is 1. The van der Waals surface area contributed by atoms with Gasteiger partial charge in [-0.15, -0.1) is 0 Å². The molecule has 0 bridgehead atoms. The highest BCUT2D eigenvalue weighted by molar-refractivity contribution is 6.30. The van der Waals surface area contributed by atoms with Crippen molar-refractivity contribution in [1.82, 2.24) is 10.6 Å². The average molecular weight is 225 g/mol. The summed E-state index contributed by atoms with van der Waals surface area (Å²) in [6, 6.07) is 9.24. The van der Waals surface area contributed by atoms with Gasteiger partial charge < -0.3 is 10.6 Å². The van der Waals surface area contributed by atoms with Crippen LogP contribution in [-0.2, 0) is 6.42 Å². The summed E-state index contributed by atoms with van der Waals surface area (Å²) in [5.41, 5.74) is 1.34. The SMILES string of the molecule is C[C@H]1CN[C@@H](Cc2ccc(Cl)cc2)CN1. The van der Waals surface area contributed by atoms with E-state index in [2.05, 4.69) is 29.7 Å². The quantitative estimate of drug-likeness (QED) is 0.801. The van der Waals surface area contributed by atoms with Crippen LogP contribution in [-0.4, -0.2) is 25.2 Å². The fourth-order valence-corrected chi connectivity index (χ4v) is 2.01. The fraction of sp³-hybridized carbons (Fsp3) is 0.500. The van der Waals surface area contributed by atoms with Crippen LogP contribution < -0.4 is 10.6 Å². The summed E-state index contributed by atoms with van der Waals surface area (Å²) < 4.78 is 0. The maximum absolute atomic E-state index is 5.85. The molecule has 1 heterocycles. The zero-order valence-corrected chi connectivity index (χ0v) is 9.72. The van der Waals surface area contributed by atoms with Gasteiger partial charge in [0.1, 0.15) is 0 Å². The predicted molar refractivity (Wildman–Crippen MR) is 64.4 cm³/mol. The Morgan fingerprint density at radius 3 is 2.53 bits per heavy atom. The van der Waals surface area contributed by atoms with Crippen molar-refractivity contribution in [2.75, 3.05) is 13.1 Å². The number of hydrogen-bond donors (Lipinski definition) is 2. The summed E-state index contributed by atoms with van der Waals surface area (Å²) in [6.07, 6.45) is 1.07. The molecule has 15 heavy (non-hydrogen) atoms. The summed E-state index contributed by atoms with van der Waals surface area (Å²) in [7, 11) is 0. The van der Waals surface area contributed by atoms with Crippen molar-refractivity contribution in [2.45, 2.75) is 25.4 Å². The van der Waals surface area contributed by atoms with Crippen molar-refractivity contribution >= 4 is 11.6 Å². The Bertz CT molecular complexity index is 302. The zero-order valence-electron chi connectivity index (χ0n) is 8.96. The van der Waals surface area contributed by atoms with Gasteiger partial charge in [0.2, 0.25) is 0 Å². The molecule has 1 fully saturated rings. The molecule has 1 aliphatic rings. The molecular weight excluding hydrogens is 208 g/mol. The molecule has 0 amide bonds. The van der Waals surface area contributed by atoms with Crippen LogP contribution in [0.3, 0.4) is 0 Å². The summed E-state index contributed by atoms with van der Waals surface area (Å²) in [5.74, 6) is 0. The molecule has 0 aromatic heterocycles. The number of nitrogens with one attached hydrogen (secondary N) is 2. The van der Waals surface area contributed by atoms with E-state index < -0.39 is 0 Å². The first kappa shape index (κ1) is 10.9. The van der Waals surface area contributed by atoms with E-state index in [4.69, 9.17) is 11.6 Å². The van der Waals surface area contributed by atoms with E-state index in [0.717, 1.165) is 24.5 Å². The van der Waals surface area contributed by atoms with E-state index in [0.29, 0.717) is 12.1 Å². The van der Waals surface area contributed by atoms with Crippen LogP contribution in [0.2, 0.25) is 5.02 Å². The number of halogens is 1. The lowest BCUT2D eigenvalue weighted by Crippen LogP contribution is -2.53. The van der Waals surface area contributed by atoms with E-state index in [1.165, 1.54) is 5.56 Å². The first-order valence-electron chi connectivity index (χ1n) is 5.45. The van der Waals surface area contributed by atoms with Crippen molar-refractivity contribution in [3.8, 4) is 0 Å². The molecule has 1 aromatic carbocycles. The van der Waals surface area contributed by atoms with Gasteiger partial charge in [-0.2, -0.15) is 0 Å². The predicted octanol–water partition coefficient (Wildman–Crippen LogP) is 1.83. The highest BCUT2D eigenvalue weighted by atomic mass is 35.5. The first-order chi connectivity index (χ1) is 7.24. The third kappa shape index (κ3) is 3.20. The Morgan fingerprint density at radius 1 is 1.20 bits per heavy atom. The average Bonchev–Trinajstić information content (AvgIpc) is 2.25. The Hall–Kier alpha value is -0.570. The smallest absolute Gasteiger partial charge is 0.0406 e. The minimum atomic E-state index is 0.544. The van der Waals surface area contributed by atoms with E-state index in [9.17, 15) is 0 Å². The second-order valence-corrected chi connectivity index (χ2v) is 4.68. The zero-order chi connectivity index (χ0) is 10.7. The van der Waals surface area contributed by atoms with Crippen LogP contribution in [0, 0.1) is 0 Å².